The van der Waals surface area contributed by atoms with E-state index in [1.807, 2.05) is 42.5 Å². The summed E-state index contributed by atoms with van der Waals surface area (Å²) in [5, 5.41) is 2.55. The van der Waals surface area contributed by atoms with Crippen LogP contribution in [0.15, 0.2) is 53.4 Å². The van der Waals surface area contributed by atoms with E-state index in [2.05, 4.69) is 5.32 Å². The maximum Gasteiger partial charge on any atom is 0.318 e. The predicted molar refractivity (Wildman–Crippen MR) is 101 cm³/mol. The molecule has 0 saturated carbocycles. The number of esters is 1. The van der Waals surface area contributed by atoms with Gasteiger partial charge in [0, 0.05) is 11.3 Å². The molecule has 1 amide bonds. The van der Waals surface area contributed by atoms with E-state index in [9.17, 15) is 9.59 Å². The molecular formula is C20H21NO4S. The zero-order valence-corrected chi connectivity index (χ0v) is 15.5. The smallest absolute Gasteiger partial charge is 0.318 e. The first kappa shape index (κ1) is 18.3. The van der Waals surface area contributed by atoms with E-state index in [1.54, 1.807) is 13.0 Å². The molecular weight excluding hydrogens is 350 g/mol. The van der Waals surface area contributed by atoms with Crippen molar-refractivity contribution in [3.8, 4) is 5.75 Å². The molecule has 1 N–H and O–H groups in total. The van der Waals surface area contributed by atoms with Crippen molar-refractivity contribution in [3.63, 3.8) is 0 Å². The van der Waals surface area contributed by atoms with E-state index in [0.29, 0.717) is 12.1 Å². The fourth-order valence-electron chi connectivity index (χ4n) is 2.83. The number of fused-ring (bicyclic) bond motifs is 1. The zero-order valence-electron chi connectivity index (χ0n) is 14.7. The maximum absolute atomic E-state index is 12.6. The van der Waals surface area contributed by atoms with Gasteiger partial charge >= 0.3 is 5.97 Å². The molecule has 3 rings (SSSR count). The van der Waals surface area contributed by atoms with Crippen molar-refractivity contribution >= 4 is 23.6 Å². The monoisotopic (exact) mass is 371 g/mol. The van der Waals surface area contributed by atoms with Crippen LogP contribution in [0.4, 0.5) is 0 Å². The third-order valence-electron chi connectivity index (χ3n) is 4.17. The van der Waals surface area contributed by atoms with Crippen LogP contribution in [-0.2, 0) is 16.0 Å². The summed E-state index contributed by atoms with van der Waals surface area (Å²) in [4.78, 5) is 25.0. The number of amides is 1. The summed E-state index contributed by atoms with van der Waals surface area (Å²) in [6.07, 6.45) is 0.719. The molecule has 0 aromatic heterocycles. The van der Waals surface area contributed by atoms with Gasteiger partial charge in [-0.3, -0.25) is 9.59 Å². The Morgan fingerprint density at radius 1 is 1.23 bits per heavy atom. The van der Waals surface area contributed by atoms with E-state index in [1.165, 1.54) is 18.9 Å². The molecule has 2 atom stereocenters. The molecule has 2 aromatic rings. The van der Waals surface area contributed by atoms with Crippen molar-refractivity contribution in [3.05, 3.63) is 59.7 Å². The minimum atomic E-state index is -0.387. The molecule has 0 aliphatic carbocycles. The van der Waals surface area contributed by atoms with Crippen molar-refractivity contribution in [2.75, 3.05) is 13.7 Å². The molecule has 0 fully saturated rings. The van der Waals surface area contributed by atoms with Crippen LogP contribution in [0.3, 0.4) is 0 Å². The summed E-state index contributed by atoms with van der Waals surface area (Å²) in [7, 11) is 1.36. The predicted octanol–water partition coefficient (Wildman–Crippen LogP) is 3.07. The van der Waals surface area contributed by atoms with Gasteiger partial charge in [0.05, 0.1) is 19.2 Å². The number of carbonyl (C=O) groups is 2. The molecule has 1 aliphatic rings. The van der Waals surface area contributed by atoms with Gasteiger partial charge in [-0.15, -0.1) is 11.8 Å². The summed E-state index contributed by atoms with van der Waals surface area (Å²) in [5.41, 5.74) is 1.71. The molecule has 2 aromatic carbocycles. The van der Waals surface area contributed by atoms with E-state index in [-0.39, 0.29) is 23.2 Å². The Balaban J connectivity index is 1.61. The summed E-state index contributed by atoms with van der Waals surface area (Å²) >= 11 is 1.31. The van der Waals surface area contributed by atoms with Crippen molar-refractivity contribution in [2.24, 2.45) is 0 Å². The van der Waals surface area contributed by atoms with Crippen LogP contribution >= 0.6 is 11.8 Å². The number of nitrogens with one attached hydrogen (secondary N) is 1. The Kier molecular flexibility index (Phi) is 5.83. The Labute approximate surface area is 157 Å². The normalized spacial score (nSPS) is 16.3. The SMILES string of the molecule is COC(=O)[C@@H](C)Sc1ccccc1C(=O)NC[C@@H]1Cc2ccccc2O1. The second-order valence-corrected chi connectivity index (χ2v) is 7.42. The van der Waals surface area contributed by atoms with Crippen LogP contribution in [0.2, 0.25) is 0 Å². The maximum atomic E-state index is 12.6. The highest BCUT2D eigenvalue weighted by Gasteiger charge is 2.24. The molecule has 136 valence electrons. The average Bonchev–Trinajstić information content (AvgIpc) is 3.08. The van der Waals surface area contributed by atoms with Crippen molar-refractivity contribution in [1.29, 1.82) is 0 Å². The largest absolute Gasteiger partial charge is 0.488 e. The van der Waals surface area contributed by atoms with Gasteiger partial charge in [0.25, 0.3) is 5.91 Å². The highest BCUT2D eigenvalue weighted by atomic mass is 32.2. The molecule has 0 saturated heterocycles. The first-order chi connectivity index (χ1) is 12.6. The van der Waals surface area contributed by atoms with Crippen LogP contribution < -0.4 is 10.1 Å². The van der Waals surface area contributed by atoms with E-state index in [4.69, 9.17) is 9.47 Å². The topological polar surface area (TPSA) is 64.6 Å². The van der Waals surface area contributed by atoms with Gasteiger partial charge in [-0.05, 0) is 30.7 Å². The van der Waals surface area contributed by atoms with Gasteiger partial charge in [-0.1, -0.05) is 30.3 Å². The van der Waals surface area contributed by atoms with Crippen molar-refractivity contribution < 1.29 is 19.1 Å². The lowest BCUT2D eigenvalue weighted by Crippen LogP contribution is -2.34. The molecule has 6 heteroatoms. The van der Waals surface area contributed by atoms with E-state index >= 15 is 0 Å². The van der Waals surface area contributed by atoms with E-state index < -0.39 is 0 Å². The Hall–Kier alpha value is -2.47. The Morgan fingerprint density at radius 2 is 1.96 bits per heavy atom. The standard InChI is InChI=1S/C20H21NO4S/c1-13(20(23)24-2)26-18-10-6-4-8-16(18)19(22)21-12-15-11-14-7-3-5-9-17(14)25-15/h3-10,13,15H,11-12H2,1-2H3,(H,21,22)/t13-,15+/m1/s1. The van der Waals surface area contributed by atoms with Crippen LogP contribution in [0.5, 0.6) is 5.75 Å². The number of methoxy groups -OCH3 is 1. The minimum absolute atomic E-state index is 0.0647. The Bertz CT molecular complexity index is 783. The van der Waals surface area contributed by atoms with Gasteiger partial charge in [0.1, 0.15) is 17.1 Å². The quantitative estimate of drug-likeness (QED) is 0.624. The minimum Gasteiger partial charge on any atom is -0.488 e. The lowest BCUT2D eigenvalue weighted by Gasteiger charge is -2.15. The second kappa shape index (κ2) is 8.27. The lowest BCUT2D eigenvalue weighted by molar-refractivity contribution is -0.139. The van der Waals surface area contributed by atoms with Gasteiger partial charge in [-0.2, -0.15) is 0 Å². The van der Waals surface area contributed by atoms with Gasteiger partial charge in [-0.25, -0.2) is 0 Å². The van der Waals surface area contributed by atoms with Gasteiger partial charge < -0.3 is 14.8 Å². The number of thioether (sulfide) groups is 1. The third-order valence-corrected chi connectivity index (χ3v) is 5.33. The highest BCUT2D eigenvalue weighted by molar-refractivity contribution is 8.00. The van der Waals surface area contributed by atoms with Gasteiger partial charge in [0.2, 0.25) is 0 Å². The van der Waals surface area contributed by atoms with Crippen LogP contribution in [-0.4, -0.2) is 36.9 Å². The summed E-state index contributed by atoms with van der Waals surface area (Å²) in [6, 6.07) is 15.2. The number of ether oxygens (including phenoxy) is 2. The fourth-order valence-corrected chi connectivity index (χ4v) is 3.85. The molecule has 1 heterocycles. The van der Waals surface area contributed by atoms with E-state index in [0.717, 1.165) is 22.6 Å². The third kappa shape index (κ3) is 4.19. The fraction of sp³-hybridized carbons (Fsp3) is 0.300. The number of hydrogen-bond donors (Lipinski definition) is 1. The molecule has 0 bridgehead atoms. The average molecular weight is 371 g/mol. The number of benzene rings is 2. The summed E-state index contributed by atoms with van der Waals surface area (Å²) in [6.45, 7) is 2.19. The van der Waals surface area contributed by atoms with Crippen molar-refractivity contribution in [2.45, 2.75) is 29.6 Å². The molecule has 0 radical (unpaired) electrons. The molecule has 26 heavy (non-hydrogen) atoms. The molecule has 0 unspecified atom stereocenters. The summed E-state index contributed by atoms with van der Waals surface area (Å²) in [5.74, 6) is 0.390. The van der Waals surface area contributed by atoms with Crippen LogP contribution in [0.1, 0.15) is 22.8 Å². The van der Waals surface area contributed by atoms with Crippen molar-refractivity contribution in [1.82, 2.24) is 5.32 Å². The van der Waals surface area contributed by atoms with Gasteiger partial charge in [0.15, 0.2) is 0 Å². The number of carbonyl (C=O) groups excluding carboxylic acids is 2. The lowest BCUT2D eigenvalue weighted by atomic mass is 10.1. The number of para-hydroxylation sites is 1. The highest BCUT2D eigenvalue weighted by Crippen LogP contribution is 2.29. The molecule has 5 nitrogen and oxygen atoms in total. The number of rotatable bonds is 6. The van der Waals surface area contributed by atoms with Crippen LogP contribution in [0, 0.1) is 0 Å². The number of hydrogen-bond acceptors (Lipinski definition) is 5. The Morgan fingerprint density at radius 3 is 2.73 bits per heavy atom. The zero-order chi connectivity index (χ0) is 18.5. The first-order valence-corrected chi connectivity index (χ1v) is 9.32. The second-order valence-electron chi connectivity index (χ2n) is 6.04. The molecule has 1 aliphatic heterocycles. The van der Waals surface area contributed by atoms with Crippen LogP contribution in [0.25, 0.3) is 0 Å². The summed E-state index contributed by atoms with van der Waals surface area (Å²) < 4.78 is 10.6. The first-order valence-electron chi connectivity index (χ1n) is 8.44. The molecule has 0 spiro atoms.